The van der Waals surface area contributed by atoms with Gasteiger partial charge in [0.1, 0.15) is 0 Å². The molecule has 0 aromatic rings. The van der Waals surface area contributed by atoms with Crippen molar-refractivity contribution in [2.75, 3.05) is 12.3 Å². The summed E-state index contributed by atoms with van der Waals surface area (Å²) in [6.07, 6.45) is 2.15. The van der Waals surface area contributed by atoms with Gasteiger partial charge in [0, 0.05) is 27.8 Å². The van der Waals surface area contributed by atoms with Crippen LogP contribution >= 0.6 is 0 Å². The van der Waals surface area contributed by atoms with E-state index >= 15 is 0 Å². The number of hydrogen-bond acceptors (Lipinski definition) is 2. The Morgan fingerprint density at radius 1 is 1.13 bits per heavy atom. The monoisotopic (exact) mass is 233 g/mol. The van der Waals surface area contributed by atoms with Crippen molar-refractivity contribution < 1.29 is 4.21 Å². The summed E-state index contributed by atoms with van der Waals surface area (Å²) < 4.78 is 12.0. The lowest BCUT2D eigenvalue weighted by Crippen LogP contribution is -2.40. The van der Waals surface area contributed by atoms with E-state index in [1.807, 2.05) is 0 Å². The Labute approximate surface area is 97.7 Å². The molecule has 15 heavy (non-hydrogen) atoms. The minimum atomic E-state index is -0.681. The largest absolute Gasteiger partial charge is 0.313 e. The highest BCUT2D eigenvalue weighted by atomic mass is 32.2. The number of hydrogen-bond donors (Lipinski definition) is 1. The predicted molar refractivity (Wildman–Crippen MR) is 69.7 cm³/mol. The molecule has 0 aromatic carbocycles. The van der Waals surface area contributed by atoms with Crippen molar-refractivity contribution in [3.63, 3.8) is 0 Å². The van der Waals surface area contributed by atoms with Gasteiger partial charge in [0.05, 0.1) is 0 Å². The van der Waals surface area contributed by atoms with E-state index in [9.17, 15) is 4.21 Å². The van der Waals surface area contributed by atoms with Crippen LogP contribution < -0.4 is 5.32 Å². The summed E-state index contributed by atoms with van der Waals surface area (Å²) >= 11 is 0. The molecule has 0 saturated heterocycles. The SMILES string of the molecule is CCNC(CS(=O)C(C)CC)C(C)CC. The number of rotatable bonds is 8. The first kappa shape index (κ1) is 15.1. The van der Waals surface area contributed by atoms with Gasteiger partial charge < -0.3 is 5.32 Å². The Bertz CT molecular complexity index is 184. The molecule has 92 valence electrons. The Morgan fingerprint density at radius 2 is 1.73 bits per heavy atom. The standard InChI is InChI=1S/C12H27NOS/c1-6-10(4)12(13-8-3)9-15(14)11(5)7-2/h10-13H,6-9H2,1-5H3. The molecule has 0 heterocycles. The zero-order valence-corrected chi connectivity index (χ0v) is 11.7. The van der Waals surface area contributed by atoms with Crippen molar-refractivity contribution in [1.82, 2.24) is 5.32 Å². The lowest BCUT2D eigenvalue weighted by Gasteiger charge is -2.24. The zero-order valence-electron chi connectivity index (χ0n) is 10.9. The highest BCUT2D eigenvalue weighted by Crippen LogP contribution is 2.11. The van der Waals surface area contributed by atoms with Crippen LogP contribution in [0.2, 0.25) is 0 Å². The molecule has 0 rings (SSSR count). The van der Waals surface area contributed by atoms with E-state index in [0.717, 1.165) is 25.1 Å². The molecule has 4 atom stereocenters. The molecule has 1 N–H and O–H groups in total. The maximum Gasteiger partial charge on any atom is 0.0394 e. The molecular formula is C12H27NOS. The van der Waals surface area contributed by atoms with Crippen molar-refractivity contribution in [3.8, 4) is 0 Å². The molecule has 0 amide bonds. The Morgan fingerprint density at radius 3 is 2.13 bits per heavy atom. The number of nitrogens with one attached hydrogen (secondary N) is 1. The van der Waals surface area contributed by atoms with Crippen molar-refractivity contribution in [2.24, 2.45) is 5.92 Å². The fourth-order valence-corrected chi connectivity index (χ4v) is 3.00. The third-order valence-corrected chi connectivity index (χ3v) is 5.08. The summed E-state index contributed by atoms with van der Waals surface area (Å²) in [5, 5.41) is 3.78. The van der Waals surface area contributed by atoms with Crippen molar-refractivity contribution in [1.29, 1.82) is 0 Å². The second kappa shape index (κ2) is 8.28. The van der Waals surface area contributed by atoms with Crippen molar-refractivity contribution >= 4 is 10.8 Å². The van der Waals surface area contributed by atoms with Gasteiger partial charge >= 0.3 is 0 Å². The quantitative estimate of drug-likeness (QED) is 0.698. The molecule has 0 aliphatic heterocycles. The molecule has 0 aliphatic carbocycles. The normalized spacial score (nSPS) is 19.5. The second-order valence-corrected chi connectivity index (χ2v) is 6.22. The van der Waals surface area contributed by atoms with Gasteiger partial charge in [-0.2, -0.15) is 0 Å². The predicted octanol–water partition coefficient (Wildman–Crippen LogP) is 2.56. The Hall–Kier alpha value is 0.110. The van der Waals surface area contributed by atoms with Crippen LogP contribution in [0.25, 0.3) is 0 Å². The van der Waals surface area contributed by atoms with Gasteiger partial charge in [-0.25, -0.2) is 0 Å². The molecule has 0 bridgehead atoms. The first-order chi connectivity index (χ1) is 7.06. The van der Waals surface area contributed by atoms with Crippen LogP contribution in [-0.2, 0) is 10.8 Å². The van der Waals surface area contributed by atoms with E-state index < -0.39 is 10.8 Å². The smallest absolute Gasteiger partial charge is 0.0394 e. The van der Waals surface area contributed by atoms with Gasteiger partial charge in [-0.15, -0.1) is 0 Å². The van der Waals surface area contributed by atoms with Gasteiger partial charge in [-0.1, -0.05) is 41.0 Å². The summed E-state index contributed by atoms with van der Waals surface area (Å²) in [5.74, 6) is 1.41. The average Bonchev–Trinajstić information content (AvgIpc) is 2.26. The topological polar surface area (TPSA) is 29.1 Å². The van der Waals surface area contributed by atoms with Gasteiger partial charge in [0.25, 0.3) is 0 Å². The molecular weight excluding hydrogens is 206 g/mol. The van der Waals surface area contributed by atoms with E-state index in [4.69, 9.17) is 0 Å². The summed E-state index contributed by atoms with van der Waals surface area (Å²) in [6, 6.07) is 0.412. The molecule has 3 heteroatoms. The molecule has 0 aromatic heterocycles. The van der Waals surface area contributed by atoms with Gasteiger partial charge in [-0.3, -0.25) is 4.21 Å². The van der Waals surface area contributed by atoms with E-state index in [0.29, 0.717) is 17.2 Å². The summed E-state index contributed by atoms with van der Waals surface area (Å²) in [5.41, 5.74) is 0. The van der Waals surface area contributed by atoms with Gasteiger partial charge in [0.15, 0.2) is 0 Å². The van der Waals surface area contributed by atoms with Crippen LogP contribution in [0.4, 0.5) is 0 Å². The van der Waals surface area contributed by atoms with E-state index in [1.165, 1.54) is 0 Å². The van der Waals surface area contributed by atoms with Gasteiger partial charge in [0.2, 0.25) is 0 Å². The first-order valence-corrected chi connectivity index (χ1v) is 7.55. The van der Waals surface area contributed by atoms with Crippen LogP contribution in [0, 0.1) is 5.92 Å². The summed E-state index contributed by atoms with van der Waals surface area (Å²) in [6.45, 7) is 11.7. The average molecular weight is 233 g/mol. The van der Waals surface area contributed by atoms with E-state index in [-0.39, 0.29) is 0 Å². The maximum atomic E-state index is 12.0. The zero-order chi connectivity index (χ0) is 11.8. The van der Waals surface area contributed by atoms with Crippen LogP contribution in [0.15, 0.2) is 0 Å². The maximum absolute atomic E-state index is 12.0. The van der Waals surface area contributed by atoms with Crippen molar-refractivity contribution in [2.45, 2.75) is 58.8 Å². The molecule has 0 aliphatic rings. The van der Waals surface area contributed by atoms with Crippen LogP contribution in [0.5, 0.6) is 0 Å². The third-order valence-electron chi connectivity index (χ3n) is 3.16. The third kappa shape index (κ3) is 5.67. The molecule has 0 saturated carbocycles. The Kier molecular flexibility index (Phi) is 8.34. The lowest BCUT2D eigenvalue weighted by atomic mass is 10.0. The molecule has 4 unspecified atom stereocenters. The molecule has 0 fully saturated rings. The summed E-state index contributed by atoms with van der Waals surface area (Å²) in [7, 11) is -0.681. The molecule has 0 radical (unpaired) electrons. The fraction of sp³-hybridized carbons (Fsp3) is 1.00. The van der Waals surface area contributed by atoms with Crippen LogP contribution in [0.3, 0.4) is 0 Å². The van der Waals surface area contributed by atoms with E-state index in [2.05, 4.69) is 39.9 Å². The highest BCUT2D eigenvalue weighted by Gasteiger charge is 2.19. The summed E-state index contributed by atoms with van der Waals surface area (Å²) in [4.78, 5) is 0. The Balaban J connectivity index is 4.21. The highest BCUT2D eigenvalue weighted by molar-refractivity contribution is 7.85. The first-order valence-electron chi connectivity index (χ1n) is 6.17. The molecule has 2 nitrogen and oxygen atoms in total. The molecule has 0 spiro atoms. The fourth-order valence-electron chi connectivity index (χ4n) is 1.50. The van der Waals surface area contributed by atoms with Crippen LogP contribution in [0.1, 0.15) is 47.5 Å². The van der Waals surface area contributed by atoms with Crippen molar-refractivity contribution in [3.05, 3.63) is 0 Å². The van der Waals surface area contributed by atoms with Crippen LogP contribution in [-0.4, -0.2) is 27.8 Å². The minimum Gasteiger partial charge on any atom is -0.313 e. The van der Waals surface area contributed by atoms with Gasteiger partial charge in [-0.05, 0) is 18.9 Å². The minimum absolute atomic E-state index is 0.329. The van der Waals surface area contributed by atoms with E-state index in [1.54, 1.807) is 0 Å². The second-order valence-electron chi connectivity index (χ2n) is 4.32. The lowest BCUT2D eigenvalue weighted by molar-refractivity contribution is 0.401.